The van der Waals surface area contributed by atoms with Gasteiger partial charge in [-0.25, -0.2) is 10.2 Å². The largest absolute Gasteiger partial charge is 0.479 e. The van der Waals surface area contributed by atoms with E-state index in [-0.39, 0.29) is 0 Å². The molecule has 0 saturated heterocycles. The van der Waals surface area contributed by atoms with Crippen molar-refractivity contribution in [3.05, 3.63) is 106 Å². The molecular weight excluding hydrogens is 499 g/mol. The lowest BCUT2D eigenvalue weighted by Crippen LogP contribution is -2.35. The van der Waals surface area contributed by atoms with E-state index in [1.54, 1.807) is 48.5 Å². The molecule has 0 aromatic heterocycles. The minimum Gasteiger partial charge on any atom is -0.479 e. The van der Waals surface area contributed by atoms with Crippen LogP contribution in [0.2, 0.25) is 10.0 Å². The van der Waals surface area contributed by atoms with Crippen LogP contribution in [-0.2, 0) is 4.79 Å². The number of ether oxygens (including phenoxy) is 2. The predicted molar refractivity (Wildman–Crippen MR) is 142 cm³/mol. The second kappa shape index (κ2) is 11.7. The Morgan fingerprint density at radius 3 is 2.47 bits per heavy atom. The molecule has 4 aromatic rings. The van der Waals surface area contributed by atoms with Crippen molar-refractivity contribution in [1.29, 1.82) is 0 Å². The third-order valence-electron chi connectivity index (χ3n) is 5.31. The van der Waals surface area contributed by atoms with Crippen LogP contribution >= 0.6 is 23.2 Å². The Labute approximate surface area is 218 Å². The molecule has 1 atom stereocenters. The summed E-state index contributed by atoms with van der Waals surface area (Å²) in [7, 11) is 0. The van der Waals surface area contributed by atoms with Gasteiger partial charge in [0.25, 0.3) is 5.91 Å². The van der Waals surface area contributed by atoms with Gasteiger partial charge in [0.05, 0.1) is 16.8 Å². The van der Waals surface area contributed by atoms with E-state index < -0.39 is 18.0 Å². The highest BCUT2D eigenvalue weighted by Gasteiger charge is 2.19. The summed E-state index contributed by atoms with van der Waals surface area (Å²) in [4.78, 5) is 25.2. The van der Waals surface area contributed by atoms with E-state index >= 15 is 0 Å². The molecule has 1 amide bonds. The van der Waals surface area contributed by atoms with Crippen LogP contribution in [0.1, 0.15) is 29.3 Å². The molecule has 8 heteroatoms. The van der Waals surface area contributed by atoms with Gasteiger partial charge in [0.2, 0.25) is 0 Å². The second-order valence-electron chi connectivity index (χ2n) is 7.81. The van der Waals surface area contributed by atoms with Crippen molar-refractivity contribution in [3.8, 4) is 11.5 Å². The maximum atomic E-state index is 12.7. The summed E-state index contributed by atoms with van der Waals surface area (Å²) in [5.74, 6) is -0.0959. The fourth-order valence-corrected chi connectivity index (χ4v) is 3.93. The third kappa shape index (κ3) is 6.22. The number of nitrogens with one attached hydrogen (secondary N) is 1. The van der Waals surface area contributed by atoms with E-state index in [9.17, 15) is 9.59 Å². The van der Waals surface area contributed by atoms with Crippen LogP contribution in [0.5, 0.6) is 11.5 Å². The average Bonchev–Trinajstić information content (AvgIpc) is 2.89. The molecule has 0 spiro atoms. The molecule has 36 heavy (non-hydrogen) atoms. The summed E-state index contributed by atoms with van der Waals surface area (Å²) in [5, 5.41) is 6.58. The summed E-state index contributed by atoms with van der Waals surface area (Å²) in [6.07, 6.45) is 1.12. The second-order valence-corrected chi connectivity index (χ2v) is 8.65. The quantitative estimate of drug-likeness (QED) is 0.122. The summed E-state index contributed by atoms with van der Waals surface area (Å²) < 4.78 is 11.2. The Hall–Kier alpha value is -3.87. The molecule has 0 aliphatic heterocycles. The van der Waals surface area contributed by atoms with Crippen LogP contribution in [0, 0.1) is 0 Å². The monoisotopic (exact) mass is 520 g/mol. The zero-order chi connectivity index (χ0) is 25.5. The Morgan fingerprint density at radius 1 is 0.972 bits per heavy atom. The first-order valence-corrected chi connectivity index (χ1v) is 11.9. The predicted octanol–water partition coefficient (Wildman–Crippen LogP) is 6.67. The van der Waals surface area contributed by atoms with E-state index in [1.807, 2.05) is 43.3 Å². The minimum absolute atomic E-state index is 0.318. The number of hydrazone groups is 1. The van der Waals surface area contributed by atoms with Crippen LogP contribution in [0.15, 0.2) is 90.0 Å². The molecule has 1 N–H and O–H groups in total. The van der Waals surface area contributed by atoms with Gasteiger partial charge in [0.15, 0.2) is 6.10 Å². The maximum absolute atomic E-state index is 12.7. The number of esters is 1. The number of rotatable bonds is 8. The van der Waals surface area contributed by atoms with Gasteiger partial charge in [-0.1, -0.05) is 66.5 Å². The molecular formula is C28H22Cl2N2O4. The number of carbonyl (C=O) groups excluding carboxylic acids is 2. The van der Waals surface area contributed by atoms with Crippen LogP contribution in [0.4, 0.5) is 0 Å². The topological polar surface area (TPSA) is 77.0 Å². The first-order chi connectivity index (χ1) is 17.4. The highest BCUT2D eigenvalue weighted by molar-refractivity contribution is 6.35. The van der Waals surface area contributed by atoms with E-state index in [2.05, 4.69) is 10.5 Å². The molecule has 0 heterocycles. The molecule has 4 rings (SSSR count). The zero-order valence-corrected chi connectivity index (χ0v) is 20.8. The lowest BCUT2D eigenvalue weighted by Gasteiger charge is -2.16. The number of nitrogens with zero attached hydrogens (tertiary/aromatic N) is 1. The minimum atomic E-state index is -0.781. The first kappa shape index (κ1) is 25.2. The Balaban J connectivity index is 1.34. The van der Waals surface area contributed by atoms with Crippen molar-refractivity contribution in [1.82, 2.24) is 5.43 Å². The molecule has 0 radical (unpaired) electrons. The number of hydrogen-bond acceptors (Lipinski definition) is 5. The van der Waals surface area contributed by atoms with E-state index in [0.29, 0.717) is 39.1 Å². The lowest BCUT2D eigenvalue weighted by molar-refractivity contribution is -0.128. The number of carbonyl (C=O) groups is 2. The van der Waals surface area contributed by atoms with E-state index in [4.69, 9.17) is 32.7 Å². The number of benzene rings is 4. The molecule has 0 bridgehead atoms. The van der Waals surface area contributed by atoms with Crippen molar-refractivity contribution in [2.45, 2.75) is 19.4 Å². The van der Waals surface area contributed by atoms with Crippen LogP contribution in [-0.4, -0.2) is 24.2 Å². The first-order valence-electron chi connectivity index (χ1n) is 11.2. The molecule has 0 aliphatic carbocycles. The summed E-state index contributed by atoms with van der Waals surface area (Å²) in [6, 6.07) is 24.7. The number of hydrogen-bond donors (Lipinski definition) is 1. The summed E-state index contributed by atoms with van der Waals surface area (Å²) >= 11 is 12.0. The van der Waals surface area contributed by atoms with Crippen molar-refractivity contribution in [3.63, 3.8) is 0 Å². The summed E-state index contributed by atoms with van der Waals surface area (Å²) in [5.41, 5.74) is 3.67. The molecule has 0 saturated carbocycles. The Kier molecular flexibility index (Phi) is 8.21. The molecule has 1 unspecified atom stereocenters. The highest BCUT2D eigenvalue weighted by Crippen LogP contribution is 2.28. The van der Waals surface area contributed by atoms with Crippen LogP contribution in [0.3, 0.4) is 0 Å². The zero-order valence-electron chi connectivity index (χ0n) is 19.3. The number of fused-ring (bicyclic) bond motifs is 1. The molecule has 182 valence electrons. The van der Waals surface area contributed by atoms with Gasteiger partial charge < -0.3 is 9.47 Å². The van der Waals surface area contributed by atoms with E-state index in [1.165, 1.54) is 6.21 Å². The van der Waals surface area contributed by atoms with Crippen molar-refractivity contribution in [2.24, 2.45) is 5.10 Å². The Bertz CT molecular complexity index is 1420. The van der Waals surface area contributed by atoms with Gasteiger partial charge in [-0.05, 0) is 71.3 Å². The molecule has 6 nitrogen and oxygen atoms in total. The van der Waals surface area contributed by atoms with Crippen molar-refractivity contribution >= 4 is 52.1 Å². The number of amides is 1. The van der Waals surface area contributed by atoms with E-state index in [0.717, 1.165) is 10.8 Å². The van der Waals surface area contributed by atoms with Crippen molar-refractivity contribution < 1.29 is 19.1 Å². The smallest absolute Gasteiger partial charge is 0.344 e. The SMILES string of the molecule is CCC(Oc1ccc(Cl)cc1Cl)C(=O)N/N=C/c1ccc(OC(=O)c2cccc3ccccc23)cc1. The Morgan fingerprint density at radius 2 is 1.72 bits per heavy atom. The highest BCUT2D eigenvalue weighted by atomic mass is 35.5. The fraction of sp³-hybridized carbons (Fsp3) is 0.107. The third-order valence-corrected chi connectivity index (χ3v) is 5.85. The van der Waals surface area contributed by atoms with Crippen molar-refractivity contribution in [2.75, 3.05) is 0 Å². The molecule has 0 aliphatic rings. The van der Waals surface area contributed by atoms with Crippen LogP contribution in [0.25, 0.3) is 10.8 Å². The normalized spacial score (nSPS) is 11.9. The van der Waals surface area contributed by atoms with Gasteiger partial charge in [-0.2, -0.15) is 5.10 Å². The average molecular weight is 521 g/mol. The maximum Gasteiger partial charge on any atom is 0.344 e. The van der Waals surface area contributed by atoms with Gasteiger partial charge in [-0.3, -0.25) is 4.79 Å². The molecule has 0 fully saturated rings. The molecule has 4 aromatic carbocycles. The van der Waals surface area contributed by atoms with Gasteiger partial charge >= 0.3 is 5.97 Å². The van der Waals surface area contributed by atoms with Gasteiger partial charge in [-0.15, -0.1) is 0 Å². The lowest BCUT2D eigenvalue weighted by atomic mass is 10.0. The fourth-order valence-electron chi connectivity index (χ4n) is 3.48. The number of halogens is 2. The van der Waals surface area contributed by atoms with Crippen LogP contribution < -0.4 is 14.9 Å². The standard InChI is InChI=1S/C28H22Cl2N2O4/c1-2-25(36-26-15-12-20(29)16-24(26)30)27(33)32-31-17-18-10-13-21(14-11-18)35-28(34)23-9-5-7-19-6-3-4-8-22(19)23/h3-17,25H,2H2,1H3,(H,32,33)/b31-17+. The van der Waals surface area contributed by atoms with Gasteiger partial charge in [0, 0.05) is 5.02 Å². The summed E-state index contributed by atoms with van der Waals surface area (Å²) in [6.45, 7) is 1.82. The van der Waals surface area contributed by atoms with Gasteiger partial charge in [0.1, 0.15) is 11.5 Å².